The normalized spacial score (nSPS) is 10.3. The lowest BCUT2D eigenvalue weighted by Gasteiger charge is -2.07. The minimum Gasteiger partial charge on any atom is -0.489 e. The molecule has 3 rings (SSSR count). The van der Waals surface area contributed by atoms with E-state index in [-0.39, 0.29) is 12.3 Å². The third-order valence-electron chi connectivity index (χ3n) is 3.68. The van der Waals surface area contributed by atoms with Gasteiger partial charge in [-0.25, -0.2) is 4.98 Å². The van der Waals surface area contributed by atoms with Crippen LogP contribution in [-0.2, 0) is 11.2 Å². The van der Waals surface area contributed by atoms with E-state index in [1.54, 1.807) is 23.5 Å². The molecular weight excluding hydrogens is 344 g/mol. The molecule has 1 aromatic heterocycles. The van der Waals surface area contributed by atoms with Crippen LogP contribution in [0.1, 0.15) is 11.3 Å². The lowest BCUT2D eigenvalue weighted by Crippen LogP contribution is -2.14. The van der Waals surface area contributed by atoms with Crippen LogP contribution in [0.5, 0.6) is 5.75 Å². The fourth-order valence-corrected chi connectivity index (χ4v) is 3.23. The van der Waals surface area contributed by atoms with Crippen LogP contribution in [0.4, 0.5) is 5.69 Å². The fourth-order valence-electron chi connectivity index (χ4n) is 2.41. The quantitative estimate of drug-likeness (QED) is 0.609. The predicted molar refractivity (Wildman–Crippen MR) is 107 cm³/mol. The van der Waals surface area contributed by atoms with Crippen molar-refractivity contribution in [1.29, 1.82) is 0 Å². The molecule has 0 radical (unpaired) electrons. The first kappa shape index (κ1) is 17.9. The van der Waals surface area contributed by atoms with Crippen LogP contribution in [0.2, 0.25) is 0 Å². The Hall–Kier alpha value is -2.92. The first-order chi connectivity index (χ1) is 12.6. The summed E-state index contributed by atoms with van der Waals surface area (Å²) in [6, 6.07) is 15.5. The largest absolute Gasteiger partial charge is 0.489 e. The molecule has 0 saturated carbocycles. The maximum Gasteiger partial charge on any atom is 0.230 e. The van der Waals surface area contributed by atoms with Gasteiger partial charge in [-0.15, -0.1) is 11.3 Å². The van der Waals surface area contributed by atoms with Gasteiger partial charge in [0.15, 0.2) is 0 Å². The highest BCUT2D eigenvalue weighted by Gasteiger charge is 2.10. The molecule has 5 heteroatoms. The monoisotopic (exact) mass is 364 g/mol. The van der Waals surface area contributed by atoms with Gasteiger partial charge in [0, 0.05) is 22.7 Å². The number of aryl methyl sites for hydroxylation is 1. The number of amides is 1. The summed E-state index contributed by atoms with van der Waals surface area (Å²) >= 11 is 1.55. The van der Waals surface area contributed by atoms with E-state index >= 15 is 0 Å². The molecule has 1 heterocycles. The second-order valence-corrected chi connectivity index (χ2v) is 6.72. The second kappa shape index (κ2) is 8.45. The number of hydrogen-bond acceptors (Lipinski definition) is 4. The van der Waals surface area contributed by atoms with Crippen LogP contribution in [0.15, 0.2) is 66.6 Å². The molecule has 0 bridgehead atoms. The summed E-state index contributed by atoms with van der Waals surface area (Å²) in [6.45, 7) is 6.10. The number of rotatable bonds is 7. The zero-order chi connectivity index (χ0) is 18.4. The minimum absolute atomic E-state index is 0.105. The highest BCUT2D eigenvalue weighted by atomic mass is 32.1. The molecule has 0 unspecified atom stereocenters. The SMILES string of the molecule is C=CCOc1cccc(NC(=O)Cc2csc(-c3ccc(C)cc3)n2)c1. The molecule has 0 spiro atoms. The number of carbonyl (C=O) groups is 1. The summed E-state index contributed by atoms with van der Waals surface area (Å²) in [6.07, 6.45) is 1.92. The number of aromatic nitrogens is 1. The molecule has 0 aliphatic rings. The summed E-state index contributed by atoms with van der Waals surface area (Å²) in [5.41, 5.74) is 3.75. The molecule has 0 fully saturated rings. The third-order valence-corrected chi connectivity index (χ3v) is 4.62. The molecule has 1 amide bonds. The minimum atomic E-state index is -0.105. The maximum atomic E-state index is 12.3. The zero-order valence-electron chi connectivity index (χ0n) is 14.6. The Kier molecular flexibility index (Phi) is 5.81. The van der Waals surface area contributed by atoms with Gasteiger partial charge < -0.3 is 10.1 Å². The van der Waals surface area contributed by atoms with E-state index in [0.717, 1.165) is 16.3 Å². The van der Waals surface area contributed by atoms with Crippen LogP contribution in [0, 0.1) is 6.92 Å². The topological polar surface area (TPSA) is 51.2 Å². The number of nitrogens with zero attached hydrogens (tertiary/aromatic N) is 1. The molecule has 0 saturated heterocycles. The summed E-state index contributed by atoms with van der Waals surface area (Å²) < 4.78 is 5.48. The van der Waals surface area contributed by atoms with Crippen molar-refractivity contribution in [2.75, 3.05) is 11.9 Å². The Morgan fingerprint density at radius 1 is 1.27 bits per heavy atom. The Bertz CT molecular complexity index is 900. The van der Waals surface area contributed by atoms with Crippen molar-refractivity contribution < 1.29 is 9.53 Å². The van der Waals surface area contributed by atoms with Crippen molar-refractivity contribution in [1.82, 2.24) is 4.98 Å². The van der Waals surface area contributed by atoms with E-state index in [1.807, 2.05) is 35.7 Å². The maximum absolute atomic E-state index is 12.3. The first-order valence-corrected chi connectivity index (χ1v) is 9.17. The van der Waals surface area contributed by atoms with Gasteiger partial charge in [-0.05, 0) is 19.1 Å². The Morgan fingerprint density at radius 3 is 2.85 bits per heavy atom. The molecule has 0 atom stereocenters. The molecule has 26 heavy (non-hydrogen) atoms. The number of anilines is 1. The van der Waals surface area contributed by atoms with Gasteiger partial charge in [-0.2, -0.15) is 0 Å². The lowest BCUT2D eigenvalue weighted by atomic mass is 10.2. The number of hydrogen-bond donors (Lipinski definition) is 1. The summed E-state index contributed by atoms with van der Waals surface area (Å²) in [5, 5.41) is 5.74. The van der Waals surface area contributed by atoms with E-state index in [2.05, 4.69) is 35.9 Å². The van der Waals surface area contributed by atoms with Crippen molar-refractivity contribution >= 4 is 22.9 Å². The van der Waals surface area contributed by atoms with Crippen molar-refractivity contribution in [2.24, 2.45) is 0 Å². The summed E-state index contributed by atoms with van der Waals surface area (Å²) in [4.78, 5) is 16.9. The van der Waals surface area contributed by atoms with Crippen LogP contribution in [0.25, 0.3) is 10.6 Å². The predicted octanol–water partition coefficient (Wildman–Crippen LogP) is 4.86. The fraction of sp³-hybridized carbons (Fsp3) is 0.143. The molecule has 3 aromatic rings. The van der Waals surface area contributed by atoms with E-state index in [0.29, 0.717) is 18.0 Å². The number of benzene rings is 2. The number of carbonyl (C=O) groups excluding carboxylic acids is 1. The summed E-state index contributed by atoms with van der Waals surface area (Å²) in [7, 11) is 0. The number of ether oxygens (including phenoxy) is 1. The zero-order valence-corrected chi connectivity index (χ0v) is 15.4. The van der Waals surface area contributed by atoms with Crippen LogP contribution in [-0.4, -0.2) is 17.5 Å². The molecule has 132 valence electrons. The van der Waals surface area contributed by atoms with Crippen LogP contribution in [0.3, 0.4) is 0 Å². The number of thiazole rings is 1. The molecule has 4 nitrogen and oxygen atoms in total. The van der Waals surface area contributed by atoms with Gasteiger partial charge in [-0.3, -0.25) is 4.79 Å². The van der Waals surface area contributed by atoms with Gasteiger partial charge in [0.2, 0.25) is 5.91 Å². The third kappa shape index (κ3) is 4.80. The Balaban J connectivity index is 1.62. The van der Waals surface area contributed by atoms with E-state index in [9.17, 15) is 4.79 Å². The van der Waals surface area contributed by atoms with Crippen molar-refractivity contribution in [2.45, 2.75) is 13.3 Å². The van der Waals surface area contributed by atoms with E-state index in [1.165, 1.54) is 5.56 Å². The molecule has 0 aliphatic heterocycles. The van der Waals surface area contributed by atoms with Gasteiger partial charge in [-0.1, -0.05) is 48.6 Å². The standard InChI is InChI=1S/C21H20N2O2S/c1-3-11-25-19-6-4-5-17(12-19)22-20(24)13-18-14-26-21(23-18)16-9-7-15(2)8-10-16/h3-10,12,14H,1,11,13H2,2H3,(H,22,24). The molecule has 2 aromatic carbocycles. The number of nitrogens with one attached hydrogen (secondary N) is 1. The molecule has 0 aliphatic carbocycles. The van der Waals surface area contributed by atoms with Crippen LogP contribution >= 0.6 is 11.3 Å². The van der Waals surface area contributed by atoms with Gasteiger partial charge in [0.25, 0.3) is 0 Å². The van der Waals surface area contributed by atoms with E-state index < -0.39 is 0 Å². The van der Waals surface area contributed by atoms with Crippen molar-refractivity contribution in [3.8, 4) is 16.3 Å². The highest BCUT2D eigenvalue weighted by Crippen LogP contribution is 2.24. The first-order valence-electron chi connectivity index (χ1n) is 8.29. The van der Waals surface area contributed by atoms with Gasteiger partial charge in [0.05, 0.1) is 12.1 Å². The van der Waals surface area contributed by atoms with Gasteiger partial charge in [0.1, 0.15) is 17.4 Å². The molecular formula is C21H20N2O2S. The second-order valence-electron chi connectivity index (χ2n) is 5.86. The highest BCUT2D eigenvalue weighted by molar-refractivity contribution is 7.13. The average molecular weight is 364 g/mol. The van der Waals surface area contributed by atoms with E-state index in [4.69, 9.17) is 4.74 Å². The average Bonchev–Trinajstić information content (AvgIpc) is 3.09. The smallest absolute Gasteiger partial charge is 0.230 e. The Labute approximate surface area is 157 Å². The summed E-state index contributed by atoms with van der Waals surface area (Å²) in [5.74, 6) is 0.588. The van der Waals surface area contributed by atoms with Crippen LogP contribution < -0.4 is 10.1 Å². The molecule has 1 N–H and O–H groups in total. The Morgan fingerprint density at radius 2 is 2.08 bits per heavy atom. The van der Waals surface area contributed by atoms with Gasteiger partial charge >= 0.3 is 0 Å². The van der Waals surface area contributed by atoms with Crippen molar-refractivity contribution in [3.05, 3.63) is 77.8 Å². The lowest BCUT2D eigenvalue weighted by molar-refractivity contribution is -0.115. The van der Waals surface area contributed by atoms with Crippen molar-refractivity contribution in [3.63, 3.8) is 0 Å².